The Balaban J connectivity index is 2.57. The molecule has 0 heterocycles. The third-order valence-corrected chi connectivity index (χ3v) is 3.03. The average Bonchev–Trinajstić information content (AvgIpc) is 2.25. The molecule has 1 amide bonds. The highest BCUT2D eigenvalue weighted by molar-refractivity contribution is 5.72. The lowest BCUT2D eigenvalue weighted by molar-refractivity contribution is -0.161. The fraction of sp³-hybridized carbons (Fsp3) is 0.818. The Kier molecular flexibility index (Phi) is 5.02. The van der Waals surface area contributed by atoms with Crippen molar-refractivity contribution in [3.8, 4) is 0 Å². The number of nitrogens with one attached hydrogen (secondary N) is 1. The number of carbonyl (C=O) groups is 2. The zero-order valence-electron chi connectivity index (χ0n) is 10.3. The molecule has 0 spiro atoms. The smallest absolute Gasteiger partial charge is 0.422 e. The van der Waals surface area contributed by atoms with E-state index >= 15 is 0 Å². The van der Waals surface area contributed by atoms with Crippen LogP contribution in [-0.2, 0) is 9.53 Å². The Morgan fingerprint density at radius 3 is 2.26 bits per heavy atom. The molecule has 1 aliphatic carbocycles. The molecule has 0 radical (unpaired) electrons. The number of carboxylic acids is 1. The first-order valence-corrected chi connectivity index (χ1v) is 5.96. The molecular weight excluding hydrogens is 267 g/mol. The fourth-order valence-corrected chi connectivity index (χ4v) is 2.26. The lowest BCUT2D eigenvalue weighted by Crippen LogP contribution is -2.51. The summed E-state index contributed by atoms with van der Waals surface area (Å²) in [7, 11) is 0. The van der Waals surface area contributed by atoms with Crippen LogP contribution in [0.2, 0.25) is 0 Å². The molecule has 0 aliphatic heterocycles. The van der Waals surface area contributed by atoms with Crippen LogP contribution in [0.25, 0.3) is 0 Å². The monoisotopic (exact) mass is 283 g/mol. The van der Waals surface area contributed by atoms with Gasteiger partial charge in [0.1, 0.15) is 0 Å². The Morgan fingerprint density at radius 1 is 1.21 bits per heavy atom. The maximum atomic E-state index is 11.9. The van der Waals surface area contributed by atoms with E-state index in [1.807, 2.05) is 0 Å². The van der Waals surface area contributed by atoms with Gasteiger partial charge in [0.05, 0.1) is 12.0 Å². The van der Waals surface area contributed by atoms with Gasteiger partial charge in [0.25, 0.3) is 0 Å². The first-order valence-electron chi connectivity index (χ1n) is 5.96. The second-order valence-electron chi connectivity index (χ2n) is 4.73. The summed E-state index contributed by atoms with van der Waals surface area (Å²) in [6, 6.07) is 0. The van der Waals surface area contributed by atoms with Crippen LogP contribution < -0.4 is 5.32 Å². The molecule has 1 rings (SSSR count). The van der Waals surface area contributed by atoms with Gasteiger partial charge in [0, 0.05) is 0 Å². The molecule has 1 aliphatic rings. The van der Waals surface area contributed by atoms with E-state index in [2.05, 4.69) is 10.1 Å². The van der Waals surface area contributed by atoms with Crippen LogP contribution in [0.1, 0.15) is 38.5 Å². The first kappa shape index (κ1) is 15.6. The van der Waals surface area contributed by atoms with E-state index in [9.17, 15) is 22.8 Å². The summed E-state index contributed by atoms with van der Waals surface area (Å²) in [5, 5.41) is 11.1. The summed E-state index contributed by atoms with van der Waals surface area (Å²) in [5.41, 5.74) is -0.993. The lowest BCUT2D eigenvalue weighted by Gasteiger charge is -2.36. The Bertz CT molecular complexity index is 337. The Labute approximate surface area is 108 Å². The maximum Gasteiger partial charge on any atom is 0.422 e. The number of alkyl halides is 3. The topological polar surface area (TPSA) is 75.6 Å². The Hall–Kier alpha value is -1.47. The van der Waals surface area contributed by atoms with Gasteiger partial charge in [0.15, 0.2) is 6.61 Å². The van der Waals surface area contributed by atoms with E-state index in [-0.39, 0.29) is 6.42 Å². The van der Waals surface area contributed by atoms with Crippen LogP contribution in [0.3, 0.4) is 0 Å². The van der Waals surface area contributed by atoms with Crippen molar-refractivity contribution in [1.82, 2.24) is 5.32 Å². The van der Waals surface area contributed by atoms with E-state index in [0.717, 1.165) is 19.3 Å². The van der Waals surface area contributed by atoms with Crippen molar-refractivity contribution in [2.45, 2.75) is 50.2 Å². The van der Waals surface area contributed by atoms with E-state index in [4.69, 9.17) is 5.11 Å². The zero-order chi connectivity index (χ0) is 14.5. The molecule has 19 heavy (non-hydrogen) atoms. The highest BCUT2D eigenvalue weighted by atomic mass is 19.4. The molecule has 0 unspecified atom stereocenters. The van der Waals surface area contributed by atoms with Gasteiger partial charge in [-0.25, -0.2) is 4.79 Å². The number of carbonyl (C=O) groups excluding carboxylic acids is 1. The minimum Gasteiger partial charge on any atom is -0.481 e. The molecule has 8 heteroatoms. The van der Waals surface area contributed by atoms with Crippen molar-refractivity contribution in [3.63, 3.8) is 0 Å². The lowest BCUT2D eigenvalue weighted by atomic mass is 9.79. The zero-order valence-corrected chi connectivity index (χ0v) is 10.3. The number of hydrogen-bond acceptors (Lipinski definition) is 3. The molecular formula is C11H16F3NO4. The Morgan fingerprint density at radius 2 is 1.79 bits per heavy atom. The van der Waals surface area contributed by atoms with Crippen LogP contribution in [0.4, 0.5) is 18.0 Å². The SMILES string of the molecule is O=C(O)CC1(NC(=O)OCC(F)(F)F)CCCCC1. The van der Waals surface area contributed by atoms with Crippen molar-refractivity contribution >= 4 is 12.1 Å². The summed E-state index contributed by atoms with van der Waals surface area (Å²) < 4.78 is 39.8. The van der Waals surface area contributed by atoms with E-state index in [0.29, 0.717) is 12.8 Å². The molecule has 2 N–H and O–H groups in total. The molecule has 110 valence electrons. The van der Waals surface area contributed by atoms with Crippen molar-refractivity contribution in [1.29, 1.82) is 0 Å². The van der Waals surface area contributed by atoms with Crippen LogP contribution in [0.5, 0.6) is 0 Å². The molecule has 0 saturated heterocycles. The second kappa shape index (κ2) is 6.12. The normalized spacial score (nSPS) is 18.7. The molecule has 0 atom stereocenters. The summed E-state index contributed by atoms with van der Waals surface area (Å²) in [6.07, 6.45) is -2.89. The van der Waals surface area contributed by atoms with E-state index in [1.54, 1.807) is 0 Å². The number of halogens is 3. The highest BCUT2D eigenvalue weighted by Gasteiger charge is 2.37. The van der Waals surface area contributed by atoms with Crippen molar-refractivity contribution in [2.24, 2.45) is 0 Å². The minimum absolute atomic E-state index is 0.311. The largest absolute Gasteiger partial charge is 0.481 e. The van der Waals surface area contributed by atoms with Crippen molar-refractivity contribution in [3.05, 3.63) is 0 Å². The molecule has 0 aromatic carbocycles. The maximum absolute atomic E-state index is 11.9. The summed E-state index contributed by atoms with van der Waals surface area (Å²) in [5.74, 6) is -1.10. The number of amides is 1. The van der Waals surface area contributed by atoms with Crippen molar-refractivity contribution in [2.75, 3.05) is 6.61 Å². The molecule has 0 aromatic heterocycles. The van der Waals surface area contributed by atoms with Gasteiger partial charge >= 0.3 is 18.2 Å². The number of rotatable bonds is 4. The van der Waals surface area contributed by atoms with Gasteiger partial charge in [-0.2, -0.15) is 13.2 Å². The van der Waals surface area contributed by atoms with Gasteiger partial charge in [-0.05, 0) is 12.8 Å². The van der Waals surface area contributed by atoms with E-state index < -0.39 is 30.4 Å². The van der Waals surface area contributed by atoms with Crippen LogP contribution in [0.15, 0.2) is 0 Å². The predicted octanol–water partition coefficient (Wildman–Crippen LogP) is 2.45. The molecule has 0 bridgehead atoms. The molecule has 1 saturated carbocycles. The first-order chi connectivity index (χ1) is 8.72. The van der Waals surface area contributed by atoms with Gasteiger partial charge in [-0.1, -0.05) is 19.3 Å². The summed E-state index contributed by atoms with van der Waals surface area (Å²) in [4.78, 5) is 22.1. The third-order valence-electron chi connectivity index (χ3n) is 3.03. The number of alkyl carbamates (subject to hydrolysis) is 1. The summed E-state index contributed by atoms with van der Waals surface area (Å²) in [6.45, 7) is -1.68. The number of aliphatic carboxylic acids is 1. The number of ether oxygens (including phenoxy) is 1. The van der Waals surface area contributed by atoms with Gasteiger partial charge < -0.3 is 15.2 Å². The van der Waals surface area contributed by atoms with Crippen LogP contribution >= 0.6 is 0 Å². The molecule has 1 fully saturated rings. The van der Waals surface area contributed by atoms with Gasteiger partial charge in [-0.3, -0.25) is 4.79 Å². The standard InChI is InChI=1S/C11H16F3NO4/c12-11(13,14)7-19-9(18)15-10(6-8(16)17)4-2-1-3-5-10/h1-7H2,(H,15,18)(H,16,17). The molecule has 0 aromatic rings. The third kappa shape index (κ3) is 5.80. The quantitative estimate of drug-likeness (QED) is 0.831. The van der Waals surface area contributed by atoms with Gasteiger partial charge in [0.2, 0.25) is 0 Å². The highest BCUT2D eigenvalue weighted by Crippen LogP contribution is 2.31. The summed E-state index contributed by atoms with van der Waals surface area (Å²) >= 11 is 0. The van der Waals surface area contributed by atoms with Gasteiger partial charge in [-0.15, -0.1) is 0 Å². The van der Waals surface area contributed by atoms with Crippen molar-refractivity contribution < 1.29 is 32.6 Å². The average molecular weight is 283 g/mol. The fourth-order valence-electron chi connectivity index (χ4n) is 2.26. The van der Waals surface area contributed by atoms with Crippen LogP contribution in [0, 0.1) is 0 Å². The van der Waals surface area contributed by atoms with Crippen LogP contribution in [-0.4, -0.2) is 35.5 Å². The second-order valence-corrected chi connectivity index (χ2v) is 4.73. The number of carboxylic acid groups (broad SMARTS) is 1. The number of hydrogen-bond donors (Lipinski definition) is 2. The predicted molar refractivity (Wildman–Crippen MR) is 58.6 cm³/mol. The minimum atomic E-state index is -4.59. The van der Waals surface area contributed by atoms with E-state index in [1.165, 1.54) is 0 Å². The molecule has 5 nitrogen and oxygen atoms in total.